The molecule has 2 amide bonds. The molecule has 1 aliphatic heterocycles. The number of piperazine rings is 1. The topological polar surface area (TPSA) is 56.4 Å². The number of carbonyl (C=O) groups is 2. The van der Waals surface area contributed by atoms with Gasteiger partial charge in [-0.05, 0) is 37.6 Å². The molecule has 5 nitrogen and oxygen atoms in total. The van der Waals surface area contributed by atoms with Crippen LogP contribution < -0.4 is 0 Å². The summed E-state index contributed by atoms with van der Waals surface area (Å²) in [6.45, 7) is 7.78. The summed E-state index contributed by atoms with van der Waals surface area (Å²) in [4.78, 5) is 31.4. The standard InChI is InChI=1S/C18H22ClN3O2/c1-12(23)21-6-8-22(9-7-21)17(24)18(2,3)15-11-20-16-5-4-13(19)10-14(15)16/h4-5,10-11,20H,6-9H2,1-3H3. The number of aromatic amines is 1. The minimum Gasteiger partial charge on any atom is -0.361 e. The molecule has 0 bridgehead atoms. The monoisotopic (exact) mass is 347 g/mol. The van der Waals surface area contributed by atoms with Gasteiger partial charge in [-0.1, -0.05) is 11.6 Å². The van der Waals surface area contributed by atoms with E-state index >= 15 is 0 Å². The Morgan fingerprint density at radius 3 is 2.38 bits per heavy atom. The third kappa shape index (κ3) is 2.88. The molecule has 0 spiro atoms. The lowest BCUT2D eigenvalue weighted by Crippen LogP contribution is -2.54. The van der Waals surface area contributed by atoms with Crippen molar-refractivity contribution in [1.29, 1.82) is 0 Å². The van der Waals surface area contributed by atoms with Gasteiger partial charge in [0.25, 0.3) is 0 Å². The van der Waals surface area contributed by atoms with Crippen LogP contribution in [0.2, 0.25) is 5.02 Å². The van der Waals surface area contributed by atoms with Crippen LogP contribution in [0.5, 0.6) is 0 Å². The fraction of sp³-hybridized carbons (Fsp3) is 0.444. The number of carbonyl (C=O) groups excluding carboxylic acids is 2. The van der Waals surface area contributed by atoms with Crippen LogP contribution >= 0.6 is 11.6 Å². The highest BCUT2D eigenvalue weighted by Gasteiger charge is 2.37. The lowest BCUT2D eigenvalue weighted by atomic mass is 9.82. The van der Waals surface area contributed by atoms with E-state index in [9.17, 15) is 9.59 Å². The van der Waals surface area contributed by atoms with E-state index in [4.69, 9.17) is 11.6 Å². The zero-order chi connectivity index (χ0) is 17.5. The average molecular weight is 348 g/mol. The highest BCUT2D eigenvalue weighted by atomic mass is 35.5. The van der Waals surface area contributed by atoms with Gasteiger partial charge < -0.3 is 14.8 Å². The van der Waals surface area contributed by atoms with Crippen LogP contribution in [0.4, 0.5) is 0 Å². The normalized spacial score (nSPS) is 15.8. The molecule has 1 fully saturated rings. The average Bonchev–Trinajstić information content (AvgIpc) is 2.97. The van der Waals surface area contributed by atoms with Crippen LogP contribution in [-0.2, 0) is 15.0 Å². The van der Waals surface area contributed by atoms with Crippen LogP contribution in [0, 0.1) is 0 Å². The number of nitrogens with zero attached hydrogens (tertiary/aromatic N) is 2. The van der Waals surface area contributed by atoms with E-state index in [1.54, 1.807) is 11.8 Å². The van der Waals surface area contributed by atoms with E-state index in [-0.39, 0.29) is 11.8 Å². The number of H-pyrrole nitrogens is 1. The first-order valence-corrected chi connectivity index (χ1v) is 8.50. The molecule has 1 N–H and O–H groups in total. The summed E-state index contributed by atoms with van der Waals surface area (Å²) in [5, 5.41) is 1.63. The molecule has 1 aromatic carbocycles. The molecular formula is C18H22ClN3O2. The number of fused-ring (bicyclic) bond motifs is 1. The summed E-state index contributed by atoms with van der Waals surface area (Å²) in [6.07, 6.45) is 1.89. The lowest BCUT2D eigenvalue weighted by molar-refractivity contribution is -0.141. The molecule has 128 valence electrons. The second kappa shape index (κ2) is 6.13. The van der Waals surface area contributed by atoms with E-state index < -0.39 is 5.41 Å². The van der Waals surface area contributed by atoms with Gasteiger partial charge in [-0.25, -0.2) is 0 Å². The van der Waals surface area contributed by atoms with Gasteiger partial charge in [-0.2, -0.15) is 0 Å². The van der Waals surface area contributed by atoms with Gasteiger partial charge in [0.05, 0.1) is 5.41 Å². The maximum Gasteiger partial charge on any atom is 0.232 e. The molecular weight excluding hydrogens is 326 g/mol. The molecule has 2 aromatic rings. The Labute approximate surface area is 146 Å². The Hall–Kier alpha value is -2.01. The van der Waals surface area contributed by atoms with Crippen molar-refractivity contribution in [3.05, 3.63) is 35.0 Å². The third-order valence-electron chi connectivity index (χ3n) is 4.86. The Morgan fingerprint density at radius 1 is 1.12 bits per heavy atom. The van der Waals surface area contributed by atoms with E-state index in [0.29, 0.717) is 31.2 Å². The van der Waals surface area contributed by atoms with Gasteiger partial charge in [0, 0.05) is 55.2 Å². The summed E-state index contributed by atoms with van der Waals surface area (Å²) in [5.41, 5.74) is 1.25. The van der Waals surface area contributed by atoms with Gasteiger partial charge in [0.2, 0.25) is 11.8 Å². The van der Waals surface area contributed by atoms with E-state index in [1.165, 1.54) is 0 Å². The van der Waals surface area contributed by atoms with Crippen LogP contribution in [0.1, 0.15) is 26.3 Å². The Bertz CT molecular complexity index is 789. The molecule has 1 aromatic heterocycles. The number of nitrogens with one attached hydrogen (secondary N) is 1. The quantitative estimate of drug-likeness (QED) is 0.908. The maximum absolute atomic E-state index is 13.1. The molecule has 1 aliphatic rings. The first-order chi connectivity index (χ1) is 11.3. The Kier molecular flexibility index (Phi) is 4.30. The largest absolute Gasteiger partial charge is 0.361 e. The summed E-state index contributed by atoms with van der Waals surface area (Å²) >= 11 is 6.12. The molecule has 2 heterocycles. The van der Waals surface area contributed by atoms with E-state index in [0.717, 1.165) is 16.5 Å². The number of hydrogen-bond acceptors (Lipinski definition) is 2. The molecule has 0 unspecified atom stereocenters. The number of rotatable bonds is 2. The first kappa shape index (κ1) is 16.8. The van der Waals surface area contributed by atoms with Gasteiger partial charge in [0.1, 0.15) is 0 Å². The van der Waals surface area contributed by atoms with Gasteiger partial charge in [-0.15, -0.1) is 0 Å². The zero-order valence-electron chi connectivity index (χ0n) is 14.2. The minimum atomic E-state index is -0.665. The Morgan fingerprint density at radius 2 is 1.75 bits per heavy atom. The fourth-order valence-electron chi connectivity index (χ4n) is 3.34. The second-order valence-corrected chi connectivity index (χ2v) is 7.25. The molecule has 1 saturated heterocycles. The lowest BCUT2D eigenvalue weighted by Gasteiger charge is -2.38. The van der Waals surface area contributed by atoms with Crippen molar-refractivity contribution in [2.75, 3.05) is 26.2 Å². The van der Waals surface area contributed by atoms with Crippen molar-refractivity contribution in [1.82, 2.24) is 14.8 Å². The SMILES string of the molecule is CC(=O)N1CCN(C(=O)C(C)(C)c2c[nH]c3ccc(Cl)cc23)CC1. The predicted molar refractivity (Wildman–Crippen MR) is 95.2 cm³/mol. The number of amides is 2. The molecule has 3 rings (SSSR count). The van der Waals surface area contributed by atoms with E-state index in [2.05, 4.69) is 4.98 Å². The number of benzene rings is 1. The molecule has 0 radical (unpaired) electrons. The van der Waals surface area contributed by atoms with Crippen molar-refractivity contribution < 1.29 is 9.59 Å². The highest BCUT2D eigenvalue weighted by Crippen LogP contribution is 2.33. The zero-order valence-corrected chi connectivity index (χ0v) is 15.0. The van der Waals surface area contributed by atoms with Crippen LogP contribution in [-0.4, -0.2) is 52.8 Å². The molecule has 0 saturated carbocycles. The smallest absolute Gasteiger partial charge is 0.232 e. The predicted octanol–water partition coefficient (Wildman–Crippen LogP) is 2.79. The van der Waals surface area contributed by atoms with Crippen molar-refractivity contribution in [2.45, 2.75) is 26.2 Å². The number of halogens is 1. The van der Waals surface area contributed by atoms with Crippen LogP contribution in [0.25, 0.3) is 10.9 Å². The summed E-state index contributed by atoms with van der Waals surface area (Å²) in [7, 11) is 0. The molecule has 0 atom stereocenters. The van der Waals surface area contributed by atoms with Crippen molar-refractivity contribution in [2.24, 2.45) is 0 Å². The van der Waals surface area contributed by atoms with E-state index in [1.807, 2.05) is 43.1 Å². The number of aromatic nitrogens is 1. The first-order valence-electron chi connectivity index (χ1n) is 8.12. The Balaban J connectivity index is 1.85. The van der Waals surface area contributed by atoms with Crippen LogP contribution in [0.15, 0.2) is 24.4 Å². The van der Waals surface area contributed by atoms with Crippen molar-refractivity contribution in [3.63, 3.8) is 0 Å². The summed E-state index contributed by atoms with van der Waals surface area (Å²) in [5.74, 6) is 0.138. The molecule has 6 heteroatoms. The van der Waals surface area contributed by atoms with Gasteiger partial charge in [-0.3, -0.25) is 9.59 Å². The van der Waals surface area contributed by atoms with Crippen molar-refractivity contribution >= 4 is 34.3 Å². The van der Waals surface area contributed by atoms with Crippen molar-refractivity contribution in [3.8, 4) is 0 Å². The summed E-state index contributed by atoms with van der Waals surface area (Å²) in [6, 6.07) is 5.65. The highest BCUT2D eigenvalue weighted by molar-refractivity contribution is 6.31. The fourth-order valence-corrected chi connectivity index (χ4v) is 3.52. The van der Waals surface area contributed by atoms with Gasteiger partial charge >= 0.3 is 0 Å². The number of hydrogen-bond donors (Lipinski definition) is 1. The van der Waals surface area contributed by atoms with Gasteiger partial charge in [0.15, 0.2) is 0 Å². The maximum atomic E-state index is 13.1. The molecule has 24 heavy (non-hydrogen) atoms. The summed E-state index contributed by atoms with van der Waals surface area (Å²) < 4.78 is 0. The molecule has 0 aliphatic carbocycles. The van der Waals surface area contributed by atoms with Crippen LogP contribution in [0.3, 0.4) is 0 Å². The third-order valence-corrected chi connectivity index (χ3v) is 5.10. The second-order valence-electron chi connectivity index (χ2n) is 6.82. The minimum absolute atomic E-state index is 0.0626.